The third-order valence-corrected chi connectivity index (χ3v) is 6.28. The van der Waals surface area contributed by atoms with E-state index in [1.807, 2.05) is 11.8 Å². The van der Waals surface area contributed by atoms with Crippen LogP contribution in [0.3, 0.4) is 0 Å². The molecular weight excluding hydrogens is 348 g/mol. The Bertz CT molecular complexity index is 449. The summed E-state index contributed by atoms with van der Waals surface area (Å²) in [5.74, 6) is 1.76. The summed E-state index contributed by atoms with van der Waals surface area (Å²) < 4.78 is 1.30. The van der Waals surface area contributed by atoms with Crippen molar-refractivity contribution in [2.75, 3.05) is 30.0 Å². The Morgan fingerprint density at radius 1 is 1.19 bits per heavy atom. The van der Waals surface area contributed by atoms with Gasteiger partial charge < -0.3 is 10.6 Å². The standard InChI is InChI=1S/C15H25BrN4S/c1-3-9-17-13-12(16)14(20-11-19-13)18-10-15(21-2)7-5-4-6-8-15/h11H,3-10H2,1-2H3,(H2,17,18,19,20). The van der Waals surface area contributed by atoms with Gasteiger partial charge in [-0.25, -0.2) is 9.97 Å². The van der Waals surface area contributed by atoms with E-state index in [0.717, 1.165) is 35.6 Å². The largest absolute Gasteiger partial charge is 0.369 e. The van der Waals surface area contributed by atoms with Gasteiger partial charge in [0.1, 0.15) is 22.4 Å². The lowest BCUT2D eigenvalue weighted by atomic mass is 9.88. The predicted octanol–water partition coefficient (Wildman–Crippen LogP) is 4.54. The molecule has 4 nitrogen and oxygen atoms in total. The number of thioether (sulfide) groups is 1. The summed E-state index contributed by atoms with van der Waals surface area (Å²) in [6.45, 7) is 4.04. The number of halogens is 1. The van der Waals surface area contributed by atoms with Crippen molar-refractivity contribution in [2.24, 2.45) is 0 Å². The fraction of sp³-hybridized carbons (Fsp3) is 0.733. The molecule has 0 radical (unpaired) electrons. The molecule has 1 aromatic rings. The molecule has 2 rings (SSSR count). The molecule has 1 heterocycles. The van der Waals surface area contributed by atoms with Crippen LogP contribution in [0.25, 0.3) is 0 Å². The maximum absolute atomic E-state index is 4.38. The smallest absolute Gasteiger partial charge is 0.145 e. The van der Waals surface area contributed by atoms with Gasteiger partial charge in [-0.05, 0) is 41.4 Å². The summed E-state index contributed by atoms with van der Waals surface area (Å²) in [6.07, 6.45) is 11.6. The maximum Gasteiger partial charge on any atom is 0.145 e. The number of hydrogen-bond donors (Lipinski definition) is 2. The highest BCUT2D eigenvalue weighted by molar-refractivity contribution is 9.10. The fourth-order valence-electron chi connectivity index (χ4n) is 2.75. The summed E-state index contributed by atoms with van der Waals surface area (Å²) >= 11 is 5.62. The molecule has 0 aromatic carbocycles. The number of nitrogens with one attached hydrogen (secondary N) is 2. The normalized spacial score (nSPS) is 17.5. The van der Waals surface area contributed by atoms with Crippen molar-refractivity contribution in [3.63, 3.8) is 0 Å². The molecule has 0 amide bonds. The molecule has 1 aromatic heterocycles. The maximum atomic E-state index is 4.38. The first kappa shape index (κ1) is 16.9. The highest BCUT2D eigenvalue weighted by Gasteiger charge is 2.31. The van der Waals surface area contributed by atoms with Gasteiger partial charge in [-0.2, -0.15) is 11.8 Å². The third-order valence-electron chi connectivity index (χ3n) is 4.11. The van der Waals surface area contributed by atoms with Gasteiger partial charge in [0, 0.05) is 17.8 Å². The van der Waals surface area contributed by atoms with Crippen LogP contribution in [0.5, 0.6) is 0 Å². The molecule has 0 unspecified atom stereocenters. The quantitative estimate of drug-likeness (QED) is 0.735. The second kappa shape index (κ2) is 8.22. The van der Waals surface area contributed by atoms with Crippen LogP contribution >= 0.6 is 27.7 Å². The van der Waals surface area contributed by atoms with Crippen LogP contribution in [0.2, 0.25) is 0 Å². The van der Waals surface area contributed by atoms with Crippen LogP contribution in [0.4, 0.5) is 11.6 Å². The second-order valence-electron chi connectivity index (χ2n) is 5.61. The minimum absolute atomic E-state index is 0.361. The van der Waals surface area contributed by atoms with E-state index in [4.69, 9.17) is 0 Å². The van der Waals surface area contributed by atoms with Gasteiger partial charge in [0.15, 0.2) is 0 Å². The lowest BCUT2D eigenvalue weighted by Gasteiger charge is -2.36. The number of rotatable bonds is 7. The summed E-state index contributed by atoms with van der Waals surface area (Å²) in [4.78, 5) is 8.67. The van der Waals surface area contributed by atoms with E-state index in [9.17, 15) is 0 Å². The Morgan fingerprint density at radius 2 is 1.86 bits per heavy atom. The van der Waals surface area contributed by atoms with E-state index >= 15 is 0 Å². The lowest BCUT2D eigenvalue weighted by Crippen LogP contribution is -2.35. The Kier molecular flexibility index (Phi) is 6.61. The van der Waals surface area contributed by atoms with E-state index in [1.165, 1.54) is 32.1 Å². The molecule has 0 saturated heterocycles. The van der Waals surface area contributed by atoms with E-state index in [2.05, 4.69) is 49.7 Å². The summed E-state index contributed by atoms with van der Waals surface area (Å²) in [6, 6.07) is 0. The van der Waals surface area contributed by atoms with Gasteiger partial charge in [0.2, 0.25) is 0 Å². The van der Waals surface area contributed by atoms with E-state index in [-0.39, 0.29) is 0 Å². The molecule has 1 fully saturated rings. The van der Waals surface area contributed by atoms with Gasteiger partial charge in [0.05, 0.1) is 0 Å². The first-order valence-corrected chi connectivity index (χ1v) is 9.76. The lowest BCUT2D eigenvalue weighted by molar-refractivity contribution is 0.411. The Morgan fingerprint density at radius 3 is 2.48 bits per heavy atom. The van der Waals surface area contributed by atoms with Crippen LogP contribution in [0.1, 0.15) is 45.4 Å². The molecule has 118 valence electrons. The SMILES string of the molecule is CCCNc1ncnc(NCC2(SC)CCCCC2)c1Br. The van der Waals surface area contributed by atoms with E-state index in [0.29, 0.717) is 4.75 Å². The van der Waals surface area contributed by atoms with Gasteiger partial charge >= 0.3 is 0 Å². The van der Waals surface area contributed by atoms with Crippen LogP contribution in [-0.4, -0.2) is 34.1 Å². The molecule has 2 N–H and O–H groups in total. The van der Waals surface area contributed by atoms with Gasteiger partial charge in [0.25, 0.3) is 0 Å². The van der Waals surface area contributed by atoms with Crippen LogP contribution in [0, 0.1) is 0 Å². The highest BCUT2D eigenvalue weighted by atomic mass is 79.9. The number of nitrogens with zero attached hydrogens (tertiary/aromatic N) is 2. The molecule has 0 bridgehead atoms. The molecule has 0 atom stereocenters. The van der Waals surface area contributed by atoms with E-state index < -0.39 is 0 Å². The molecule has 0 aliphatic heterocycles. The van der Waals surface area contributed by atoms with E-state index in [1.54, 1.807) is 6.33 Å². The molecule has 6 heteroatoms. The van der Waals surface area contributed by atoms with Crippen LogP contribution in [-0.2, 0) is 0 Å². The third kappa shape index (κ3) is 4.49. The van der Waals surface area contributed by atoms with Crippen molar-refractivity contribution in [3.05, 3.63) is 10.8 Å². The molecule has 1 aliphatic rings. The topological polar surface area (TPSA) is 49.8 Å². The van der Waals surface area contributed by atoms with Gasteiger partial charge in [-0.3, -0.25) is 0 Å². The van der Waals surface area contributed by atoms with Crippen molar-refractivity contribution in [1.29, 1.82) is 0 Å². The summed E-state index contributed by atoms with van der Waals surface area (Å²) in [5, 5.41) is 6.85. The summed E-state index contributed by atoms with van der Waals surface area (Å²) in [5.41, 5.74) is 0. The van der Waals surface area contributed by atoms with Crippen molar-refractivity contribution < 1.29 is 0 Å². The second-order valence-corrected chi connectivity index (χ2v) is 7.68. The number of hydrogen-bond acceptors (Lipinski definition) is 5. The number of anilines is 2. The zero-order valence-corrected chi connectivity index (χ0v) is 15.3. The van der Waals surface area contributed by atoms with Crippen molar-refractivity contribution in [1.82, 2.24) is 9.97 Å². The predicted molar refractivity (Wildman–Crippen MR) is 96.3 cm³/mol. The molecule has 21 heavy (non-hydrogen) atoms. The average molecular weight is 373 g/mol. The molecular formula is C15H25BrN4S. The Labute approximate surface area is 140 Å². The van der Waals surface area contributed by atoms with Crippen molar-refractivity contribution in [2.45, 2.75) is 50.2 Å². The Balaban J connectivity index is 2.02. The van der Waals surface area contributed by atoms with Crippen LogP contribution < -0.4 is 10.6 Å². The van der Waals surface area contributed by atoms with Crippen molar-refractivity contribution >= 4 is 39.3 Å². The number of aromatic nitrogens is 2. The first-order valence-electron chi connectivity index (χ1n) is 7.74. The first-order chi connectivity index (χ1) is 10.2. The summed E-state index contributed by atoms with van der Waals surface area (Å²) in [7, 11) is 0. The highest BCUT2D eigenvalue weighted by Crippen LogP contribution is 2.39. The minimum Gasteiger partial charge on any atom is -0.369 e. The van der Waals surface area contributed by atoms with Gasteiger partial charge in [-0.1, -0.05) is 26.2 Å². The monoisotopic (exact) mass is 372 g/mol. The Hall–Kier alpha value is -0.490. The van der Waals surface area contributed by atoms with Crippen LogP contribution in [0.15, 0.2) is 10.8 Å². The fourth-order valence-corrected chi connectivity index (χ4v) is 4.15. The minimum atomic E-state index is 0.361. The van der Waals surface area contributed by atoms with Gasteiger partial charge in [-0.15, -0.1) is 0 Å². The average Bonchev–Trinajstić information content (AvgIpc) is 2.53. The zero-order valence-electron chi connectivity index (χ0n) is 12.9. The molecule has 1 saturated carbocycles. The molecule has 0 spiro atoms. The molecule has 1 aliphatic carbocycles. The van der Waals surface area contributed by atoms with Crippen molar-refractivity contribution in [3.8, 4) is 0 Å². The zero-order chi connectivity index (χ0) is 15.1.